The molecule has 0 saturated carbocycles. The van der Waals surface area contributed by atoms with Crippen molar-refractivity contribution in [3.63, 3.8) is 0 Å². The molecule has 6 heteroatoms. The summed E-state index contributed by atoms with van der Waals surface area (Å²) < 4.78 is 0. The fourth-order valence-electron chi connectivity index (χ4n) is 3.38. The Morgan fingerprint density at radius 1 is 1.32 bits per heavy atom. The van der Waals surface area contributed by atoms with Gasteiger partial charge in [-0.25, -0.2) is 0 Å². The van der Waals surface area contributed by atoms with Crippen LogP contribution in [0.25, 0.3) is 0 Å². The minimum atomic E-state index is -0.152. The number of hydrogen-bond donors (Lipinski definition) is 3. The van der Waals surface area contributed by atoms with Crippen molar-refractivity contribution in [3.05, 3.63) is 0 Å². The number of guanidine groups is 1. The van der Waals surface area contributed by atoms with Gasteiger partial charge in [-0.05, 0) is 45.7 Å². The molecule has 4 N–H and O–H groups in total. The highest BCUT2D eigenvalue weighted by molar-refractivity contribution is 5.79. The molecule has 2 atom stereocenters. The third kappa shape index (κ3) is 9.68. The summed E-state index contributed by atoms with van der Waals surface area (Å²) in [6.07, 6.45) is 9.43. The van der Waals surface area contributed by atoms with Gasteiger partial charge in [0.1, 0.15) is 0 Å². The fourth-order valence-corrected chi connectivity index (χ4v) is 3.38. The van der Waals surface area contributed by atoms with Gasteiger partial charge in [0.15, 0.2) is 5.96 Å². The van der Waals surface area contributed by atoms with Crippen molar-refractivity contribution in [2.45, 2.75) is 71.3 Å². The second kappa shape index (κ2) is 13.0. The minimum absolute atomic E-state index is 0.0321. The average molecular weight is 354 g/mol. The molecule has 1 amide bonds. The number of aliphatic imine (C=N–C) groups is 1. The number of nitrogens with zero attached hydrogens (tertiary/aromatic N) is 2. The van der Waals surface area contributed by atoms with Gasteiger partial charge in [0.25, 0.3) is 0 Å². The van der Waals surface area contributed by atoms with Gasteiger partial charge in [0.2, 0.25) is 5.91 Å². The number of carbonyl (C=O) groups is 1. The molecule has 0 bridgehead atoms. The lowest BCUT2D eigenvalue weighted by Gasteiger charge is -2.31. The van der Waals surface area contributed by atoms with E-state index in [0.717, 1.165) is 51.4 Å². The predicted octanol–water partition coefficient (Wildman–Crippen LogP) is 2.10. The molecule has 1 rings (SSSR count). The maximum Gasteiger partial charge on any atom is 0.221 e. The standard InChI is InChI=1S/C19H39N5O/c1-4-5-6-7-10-16(2)23-19(21-3)22-12-9-14-24-13-8-11-17(15-24)18(20)25/h16-17H,4-15H2,1-3H3,(H2,20,25)(H2,21,22,23). The lowest BCUT2D eigenvalue weighted by atomic mass is 9.97. The lowest BCUT2D eigenvalue weighted by Crippen LogP contribution is -2.44. The van der Waals surface area contributed by atoms with E-state index >= 15 is 0 Å². The summed E-state index contributed by atoms with van der Waals surface area (Å²) in [7, 11) is 1.82. The Bertz CT molecular complexity index is 399. The summed E-state index contributed by atoms with van der Waals surface area (Å²) in [4.78, 5) is 18.0. The molecule has 1 saturated heterocycles. The van der Waals surface area contributed by atoms with Gasteiger partial charge >= 0.3 is 0 Å². The first kappa shape index (κ1) is 21.7. The van der Waals surface area contributed by atoms with Crippen LogP contribution in [-0.2, 0) is 4.79 Å². The molecule has 0 aromatic rings. The first-order chi connectivity index (χ1) is 12.1. The maximum atomic E-state index is 11.3. The van der Waals surface area contributed by atoms with Crippen molar-refractivity contribution in [2.75, 3.05) is 33.2 Å². The quantitative estimate of drug-likeness (QED) is 0.302. The van der Waals surface area contributed by atoms with Gasteiger partial charge < -0.3 is 21.3 Å². The van der Waals surface area contributed by atoms with E-state index in [-0.39, 0.29) is 11.8 Å². The van der Waals surface area contributed by atoms with E-state index in [9.17, 15) is 4.79 Å². The molecular formula is C19H39N5O. The van der Waals surface area contributed by atoms with E-state index in [1.807, 2.05) is 7.05 Å². The van der Waals surface area contributed by atoms with E-state index in [2.05, 4.69) is 34.4 Å². The Balaban J connectivity index is 2.15. The summed E-state index contributed by atoms with van der Waals surface area (Å²) in [6, 6.07) is 0.446. The zero-order chi connectivity index (χ0) is 18.5. The molecule has 2 unspecified atom stereocenters. The zero-order valence-electron chi connectivity index (χ0n) is 16.5. The van der Waals surface area contributed by atoms with Crippen LogP contribution in [0.5, 0.6) is 0 Å². The number of nitrogens with one attached hydrogen (secondary N) is 2. The van der Waals surface area contributed by atoms with Crippen LogP contribution < -0.4 is 16.4 Å². The number of carbonyl (C=O) groups excluding carboxylic acids is 1. The second-order valence-electron chi connectivity index (χ2n) is 7.29. The predicted molar refractivity (Wildman–Crippen MR) is 106 cm³/mol. The van der Waals surface area contributed by atoms with E-state index in [4.69, 9.17) is 5.73 Å². The highest BCUT2D eigenvalue weighted by Crippen LogP contribution is 2.15. The summed E-state index contributed by atoms with van der Waals surface area (Å²) in [6.45, 7) is 8.24. The van der Waals surface area contributed by atoms with Crippen LogP contribution in [0.2, 0.25) is 0 Å². The van der Waals surface area contributed by atoms with Gasteiger partial charge in [-0.2, -0.15) is 0 Å². The van der Waals surface area contributed by atoms with Crippen LogP contribution in [0.4, 0.5) is 0 Å². The number of amides is 1. The van der Waals surface area contributed by atoms with Crippen molar-refractivity contribution >= 4 is 11.9 Å². The molecule has 146 valence electrons. The van der Waals surface area contributed by atoms with Gasteiger partial charge in [-0.3, -0.25) is 9.79 Å². The summed E-state index contributed by atoms with van der Waals surface area (Å²) in [5.41, 5.74) is 5.44. The zero-order valence-corrected chi connectivity index (χ0v) is 16.5. The number of likely N-dealkylation sites (tertiary alicyclic amines) is 1. The smallest absolute Gasteiger partial charge is 0.221 e. The van der Waals surface area contributed by atoms with Crippen molar-refractivity contribution in [1.82, 2.24) is 15.5 Å². The third-order valence-electron chi connectivity index (χ3n) is 4.95. The first-order valence-corrected chi connectivity index (χ1v) is 10.1. The molecule has 0 aromatic heterocycles. The Morgan fingerprint density at radius 3 is 2.80 bits per heavy atom. The van der Waals surface area contributed by atoms with Crippen molar-refractivity contribution in [3.8, 4) is 0 Å². The van der Waals surface area contributed by atoms with Crippen LogP contribution >= 0.6 is 0 Å². The van der Waals surface area contributed by atoms with E-state index in [0.29, 0.717) is 6.04 Å². The molecular weight excluding hydrogens is 314 g/mol. The number of unbranched alkanes of at least 4 members (excludes halogenated alkanes) is 3. The van der Waals surface area contributed by atoms with Crippen molar-refractivity contribution in [1.29, 1.82) is 0 Å². The lowest BCUT2D eigenvalue weighted by molar-refractivity contribution is -0.123. The number of rotatable bonds is 11. The van der Waals surface area contributed by atoms with Gasteiger partial charge in [-0.15, -0.1) is 0 Å². The molecule has 6 nitrogen and oxygen atoms in total. The number of nitrogens with two attached hydrogens (primary N) is 1. The molecule has 25 heavy (non-hydrogen) atoms. The number of piperidine rings is 1. The first-order valence-electron chi connectivity index (χ1n) is 10.1. The Morgan fingerprint density at radius 2 is 2.12 bits per heavy atom. The number of primary amides is 1. The van der Waals surface area contributed by atoms with Crippen LogP contribution in [0.15, 0.2) is 4.99 Å². The average Bonchev–Trinajstić information content (AvgIpc) is 2.61. The fraction of sp³-hybridized carbons (Fsp3) is 0.895. The normalized spacial score (nSPS) is 20.3. The molecule has 0 radical (unpaired) electrons. The Hall–Kier alpha value is -1.30. The van der Waals surface area contributed by atoms with E-state index in [1.54, 1.807) is 0 Å². The number of hydrogen-bond acceptors (Lipinski definition) is 3. The topological polar surface area (TPSA) is 82.8 Å². The largest absolute Gasteiger partial charge is 0.369 e. The van der Waals surface area contributed by atoms with Crippen molar-refractivity contribution in [2.24, 2.45) is 16.6 Å². The summed E-state index contributed by atoms with van der Waals surface area (Å²) in [5, 5.41) is 6.86. The van der Waals surface area contributed by atoms with Crippen LogP contribution in [0.1, 0.15) is 65.2 Å². The van der Waals surface area contributed by atoms with E-state index in [1.165, 1.54) is 32.1 Å². The molecule has 1 heterocycles. The second-order valence-corrected chi connectivity index (χ2v) is 7.29. The molecule has 1 fully saturated rings. The van der Waals surface area contributed by atoms with E-state index < -0.39 is 0 Å². The van der Waals surface area contributed by atoms with Gasteiger partial charge in [0, 0.05) is 26.2 Å². The molecule has 1 aliphatic rings. The van der Waals surface area contributed by atoms with Crippen LogP contribution in [0, 0.1) is 5.92 Å². The van der Waals surface area contributed by atoms with Crippen LogP contribution in [0.3, 0.4) is 0 Å². The molecule has 0 aromatic carbocycles. The maximum absolute atomic E-state index is 11.3. The third-order valence-corrected chi connectivity index (χ3v) is 4.95. The molecule has 0 aliphatic carbocycles. The Labute approximate surface area is 154 Å². The van der Waals surface area contributed by atoms with Gasteiger partial charge in [0.05, 0.1) is 5.92 Å². The van der Waals surface area contributed by atoms with Gasteiger partial charge in [-0.1, -0.05) is 32.6 Å². The Kier molecular flexibility index (Phi) is 11.3. The summed E-state index contributed by atoms with van der Waals surface area (Å²) >= 11 is 0. The van der Waals surface area contributed by atoms with Crippen LogP contribution in [-0.4, -0.2) is 56.0 Å². The monoisotopic (exact) mass is 353 g/mol. The minimum Gasteiger partial charge on any atom is -0.369 e. The van der Waals surface area contributed by atoms with Crippen molar-refractivity contribution < 1.29 is 4.79 Å². The highest BCUT2D eigenvalue weighted by atomic mass is 16.1. The highest BCUT2D eigenvalue weighted by Gasteiger charge is 2.23. The molecule has 0 spiro atoms. The SMILES string of the molecule is CCCCCCC(C)NC(=NC)NCCCN1CCCC(C(N)=O)C1. The molecule has 1 aliphatic heterocycles. The summed E-state index contributed by atoms with van der Waals surface area (Å²) in [5.74, 6) is 0.765.